The van der Waals surface area contributed by atoms with Crippen LogP contribution in [0.4, 0.5) is 0 Å². The lowest BCUT2D eigenvalue weighted by Crippen LogP contribution is -2.27. The molecular formula is C23H41NO7PSi+. The SMILES string of the molecule is COC1=C(CC=C(C)C[P+](O)(O)ONC(C)C)C(OCC[Si](C)(C)C)=C2C(=O)OCC2C1C. The minimum absolute atomic E-state index is 0.00488. The minimum Gasteiger partial charge on any atom is -0.500 e. The summed E-state index contributed by atoms with van der Waals surface area (Å²) in [6, 6.07) is 0.929. The van der Waals surface area contributed by atoms with Gasteiger partial charge in [0, 0.05) is 31.5 Å². The Bertz CT molecular complexity index is 814. The molecule has 0 aromatic carbocycles. The molecule has 1 fully saturated rings. The number of nitrogens with one attached hydrogen (secondary N) is 1. The number of cyclic esters (lactones) is 1. The van der Waals surface area contributed by atoms with Crippen LogP contribution in [-0.2, 0) is 23.6 Å². The van der Waals surface area contributed by atoms with Gasteiger partial charge in [-0.1, -0.05) is 37.3 Å². The van der Waals surface area contributed by atoms with Crippen molar-refractivity contribution in [2.75, 3.05) is 26.5 Å². The molecule has 2 aliphatic rings. The number of rotatable bonds is 12. The van der Waals surface area contributed by atoms with E-state index in [0.717, 1.165) is 22.9 Å². The van der Waals surface area contributed by atoms with E-state index in [-0.39, 0.29) is 30.0 Å². The summed E-state index contributed by atoms with van der Waals surface area (Å²) in [6.07, 6.45) is 2.34. The van der Waals surface area contributed by atoms with Crippen LogP contribution < -0.4 is 5.48 Å². The van der Waals surface area contributed by atoms with Gasteiger partial charge in [0.15, 0.2) is 6.16 Å². The van der Waals surface area contributed by atoms with Crippen LogP contribution in [0, 0.1) is 11.8 Å². The van der Waals surface area contributed by atoms with E-state index in [1.54, 1.807) is 7.11 Å². The molecule has 10 heteroatoms. The standard InChI is InChI=1S/C23H41NO7PSi/c1-15(2)24-31-32(26,27)14-16(3)9-10-18-21(28-5)17(4)19-13-30-23(25)20(19)22(18)29-11-12-33(6,7)8/h9,15,17,19,24,26-27H,10-14H2,1-8H3/q+1. The van der Waals surface area contributed by atoms with Gasteiger partial charge in [0.1, 0.15) is 11.5 Å². The molecule has 1 saturated heterocycles. The summed E-state index contributed by atoms with van der Waals surface area (Å²) in [6.45, 7) is 15.3. The fraction of sp³-hybridized carbons (Fsp3) is 0.696. The van der Waals surface area contributed by atoms with E-state index in [1.165, 1.54) is 0 Å². The van der Waals surface area contributed by atoms with E-state index in [4.69, 9.17) is 18.8 Å². The maximum absolute atomic E-state index is 12.6. The second-order valence-corrected chi connectivity index (χ2v) is 17.8. The lowest BCUT2D eigenvalue weighted by molar-refractivity contribution is -0.135. The average Bonchev–Trinajstić information content (AvgIpc) is 3.07. The molecule has 1 heterocycles. The zero-order chi connectivity index (χ0) is 25.0. The maximum atomic E-state index is 12.6. The number of carbonyl (C=O) groups excluding carboxylic acids is 1. The number of hydroxylamine groups is 1. The van der Waals surface area contributed by atoms with Crippen molar-refractivity contribution < 1.29 is 33.4 Å². The van der Waals surface area contributed by atoms with E-state index in [0.29, 0.717) is 31.0 Å². The van der Waals surface area contributed by atoms with E-state index in [2.05, 4.69) is 25.1 Å². The third kappa shape index (κ3) is 7.91. The summed E-state index contributed by atoms with van der Waals surface area (Å²) in [4.78, 5) is 33.1. The predicted molar refractivity (Wildman–Crippen MR) is 133 cm³/mol. The molecule has 2 unspecified atom stereocenters. The number of hydrogen-bond acceptors (Lipinski definition) is 8. The third-order valence-electron chi connectivity index (χ3n) is 5.68. The number of allylic oxidation sites excluding steroid dienone is 4. The Balaban J connectivity index is 2.30. The van der Waals surface area contributed by atoms with Crippen molar-refractivity contribution in [3.8, 4) is 0 Å². The number of esters is 1. The molecule has 0 spiro atoms. The molecule has 0 radical (unpaired) electrons. The van der Waals surface area contributed by atoms with Crippen LogP contribution in [0.5, 0.6) is 0 Å². The Morgan fingerprint density at radius 1 is 1.33 bits per heavy atom. The van der Waals surface area contributed by atoms with Gasteiger partial charge in [-0.25, -0.2) is 4.79 Å². The number of fused-ring (bicyclic) bond motifs is 1. The first-order valence-electron chi connectivity index (χ1n) is 11.5. The van der Waals surface area contributed by atoms with Crippen molar-refractivity contribution in [1.82, 2.24) is 5.48 Å². The summed E-state index contributed by atoms with van der Waals surface area (Å²) in [5.41, 5.74) is 4.77. The van der Waals surface area contributed by atoms with Crippen molar-refractivity contribution in [3.05, 3.63) is 34.3 Å². The van der Waals surface area contributed by atoms with Crippen molar-refractivity contribution in [2.45, 2.75) is 65.8 Å². The Hall–Kier alpha value is -1.22. The largest absolute Gasteiger partial charge is 0.500 e. The topological polar surface area (TPSA) is 106 Å². The molecular weight excluding hydrogens is 461 g/mol. The normalized spacial score (nSPS) is 22.2. The number of methoxy groups -OCH3 is 1. The Kier molecular flexibility index (Phi) is 9.74. The molecule has 1 aliphatic heterocycles. The molecule has 0 aromatic rings. The van der Waals surface area contributed by atoms with Gasteiger partial charge < -0.3 is 14.2 Å². The van der Waals surface area contributed by atoms with Gasteiger partial charge >= 0.3 is 13.9 Å². The molecule has 1 aliphatic carbocycles. The van der Waals surface area contributed by atoms with Crippen LogP contribution in [0.15, 0.2) is 34.3 Å². The minimum atomic E-state index is -3.58. The number of carbonyl (C=O) groups is 1. The summed E-state index contributed by atoms with van der Waals surface area (Å²) in [5, 5.41) is 0. The Labute approximate surface area is 199 Å². The first-order valence-corrected chi connectivity index (χ1v) is 17.0. The molecule has 0 aromatic heterocycles. The molecule has 188 valence electrons. The average molecular weight is 503 g/mol. The van der Waals surface area contributed by atoms with Crippen molar-refractivity contribution in [1.29, 1.82) is 0 Å². The van der Waals surface area contributed by atoms with Crippen LogP contribution in [0.3, 0.4) is 0 Å². The van der Waals surface area contributed by atoms with Gasteiger partial charge in [-0.3, -0.25) is 0 Å². The lowest BCUT2D eigenvalue weighted by Gasteiger charge is -2.31. The van der Waals surface area contributed by atoms with Gasteiger partial charge in [-0.2, -0.15) is 15.3 Å². The monoisotopic (exact) mass is 502 g/mol. The second-order valence-electron chi connectivity index (χ2n) is 10.4. The van der Waals surface area contributed by atoms with Crippen LogP contribution in [0.1, 0.15) is 34.1 Å². The van der Waals surface area contributed by atoms with E-state index >= 15 is 0 Å². The van der Waals surface area contributed by atoms with Crippen LogP contribution in [0.25, 0.3) is 0 Å². The van der Waals surface area contributed by atoms with Crippen molar-refractivity contribution in [3.63, 3.8) is 0 Å². The first kappa shape index (κ1) is 28.0. The summed E-state index contributed by atoms with van der Waals surface area (Å²) in [7, 11) is -3.27. The molecule has 0 saturated carbocycles. The quantitative estimate of drug-likeness (QED) is 0.119. The molecule has 2 rings (SSSR count). The fourth-order valence-corrected chi connectivity index (χ4v) is 5.82. The summed E-state index contributed by atoms with van der Waals surface area (Å²) >= 11 is 0. The van der Waals surface area contributed by atoms with Crippen molar-refractivity contribution >= 4 is 22.0 Å². The molecule has 2 atom stereocenters. The highest BCUT2D eigenvalue weighted by Crippen LogP contribution is 2.52. The highest BCUT2D eigenvalue weighted by atomic mass is 31.2. The number of ether oxygens (including phenoxy) is 3. The van der Waals surface area contributed by atoms with Gasteiger partial charge in [-0.15, -0.1) is 0 Å². The fourth-order valence-electron chi connectivity index (χ4n) is 3.88. The van der Waals surface area contributed by atoms with Gasteiger partial charge in [-0.05, 0) is 38.8 Å². The summed E-state index contributed by atoms with van der Waals surface area (Å²) < 4.78 is 22.5. The summed E-state index contributed by atoms with van der Waals surface area (Å²) in [5.74, 6) is 0.900. The molecule has 33 heavy (non-hydrogen) atoms. The zero-order valence-electron chi connectivity index (χ0n) is 21.2. The molecule has 0 amide bonds. The maximum Gasteiger partial charge on any atom is 0.433 e. The van der Waals surface area contributed by atoms with Gasteiger partial charge in [0.05, 0.1) is 25.9 Å². The van der Waals surface area contributed by atoms with Gasteiger partial charge in [0.25, 0.3) is 0 Å². The van der Waals surface area contributed by atoms with E-state index in [9.17, 15) is 14.6 Å². The Morgan fingerprint density at radius 3 is 2.58 bits per heavy atom. The molecule has 3 N–H and O–H groups in total. The lowest BCUT2D eigenvalue weighted by atomic mass is 9.79. The molecule has 0 bridgehead atoms. The van der Waals surface area contributed by atoms with Crippen molar-refractivity contribution in [2.24, 2.45) is 11.8 Å². The third-order valence-corrected chi connectivity index (χ3v) is 8.69. The van der Waals surface area contributed by atoms with E-state index < -0.39 is 16.0 Å². The smallest absolute Gasteiger partial charge is 0.433 e. The second kappa shape index (κ2) is 11.5. The predicted octanol–water partition coefficient (Wildman–Crippen LogP) is 4.33. The van der Waals surface area contributed by atoms with E-state index in [1.807, 2.05) is 33.8 Å². The first-order chi connectivity index (χ1) is 15.3. The van der Waals surface area contributed by atoms with Crippen LogP contribution >= 0.6 is 7.94 Å². The zero-order valence-corrected chi connectivity index (χ0v) is 23.1. The Morgan fingerprint density at radius 2 is 2.00 bits per heavy atom. The van der Waals surface area contributed by atoms with Gasteiger partial charge in [0.2, 0.25) is 0 Å². The highest BCUT2D eigenvalue weighted by molar-refractivity contribution is 7.59. The van der Waals surface area contributed by atoms with Crippen LogP contribution in [-0.4, -0.2) is 56.4 Å². The van der Waals surface area contributed by atoms with Crippen LogP contribution in [0.2, 0.25) is 25.7 Å². The number of hydrogen-bond donors (Lipinski definition) is 3. The molecule has 8 nitrogen and oxygen atoms in total. The highest BCUT2D eigenvalue weighted by Gasteiger charge is 2.45.